The van der Waals surface area contributed by atoms with Crippen molar-refractivity contribution in [3.05, 3.63) is 29.6 Å². The van der Waals surface area contributed by atoms with Crippen LogP contribution in [0.5, 0.6) is 0 Å². The number of carboxylic acid groups (broad SMARTS) is 1. The van der Waals surface area contributed by atoms with Crippen LogP contribution in [0.15, 0.2) is 18.2 Å². The van der Waals surface area contributed by atoms with Crippen molar-refractivity contribution in [3.8, 4) is 0 Å². The minimum absolute atomic E-state index is 0.153. The molecule has 0 spiro atoms. The van der Waals surface area contributed by atoms with Crippen LogP contribution in [0.25, 0.3) is 0 Å². The number of hydrogen-bond acceptors (Lipinski definition) is 3. The summed E-state index contributed by atoms with van der Waals surface area (Å²) in [6.45, 7) is 1.92. The molecule has 108 valence electrons. The summed E-state index contributed by atoms with van der Waals surface area (Å²) in [6, 6.07) is 5.99. The monoisotopic (exact) mass is 274 g/mol. The van der Waals surface area contributed by atoms with Crippen LogP contribution < -0.4 is 0 Å². The smallest absolute Gasteiger partial charge is 0.354 e. The van der Waals surface area contributed by atoms with Crippen molar-refractivity contribution in [2.45, 2.75) is 51.1 Å². The quantitative estimate of drug-likeness (QED) is 0.920. The topological polar surface area (TPSA) is 53.4 Å². The number of likely N-dealkylation sites (tertiary alicyclic amines) is 1. The molecule has 2 atom stereocenters. The highest BCUT2D eigenvalue weighted by Crippen LogP contribution is 2.35. The van der Waals surface area contributed by atoms with E-state index in [-0.39, 0.29) is 5.69 Å². The molecule has 0 aromatic carbocycles. The van der Waals surface area contributed by atoms with Gasteiger partial charge in [-0.1, -0.05) is 18.9 Å². The number of aromatic carboxylic acids is 1. The molecule has 2 aliphatic rings. The fourth-order valence-corrected chi connectivity index (χ4v) is 3.82. The molecule has 2 fully saturated rings. The van der Waals surface area contributed by atoms with Gasteiger partial charge >= 0.3 is 5.97 Å². The second-order valence-corrected chi connectivity index (χ2v) is 6.04. The van der Waals surface area contributed by atoms with Gasteiger partial charge in [-0.2, -0.15) is 0 Å². The molecule has 0 radical (unpaired) electrons. The average molecular weight is 274 g/mol. The molecule has 1 aromatic rings. The Morgan fingerprint density at radius 2 is 2.05 bits per heavy atom. The summed E-state index contributed by atoms with van der Waals surface area (Å²) in [6.07, 6.45) is 8.00. The van der Waals surface area contributed by atoms with E-state index in [1.165, 1.54) is 38.5 Å². The molecule has 1 aliphatic heterocycles. The highest BCUT2D eigenvalue weighted by atomic mass is 16.4. The van der Waals surface area contributed by atoms with Gasteiger partial charge in [-0.15, -0.1) is 0 Å². The zero-order chi connectivity index (χ0) is 13.9. The van der Waals surface area contributed by atoms with Crippen LogP contribution in [0.4, 0.5) is 0 Å². The van der Waals surface area contributed by atoms with Crippen molar-refractivity contribution < 1.29 is 9.90 Å². The van der Waals surface area contributed by atoms with Gasteiger partial charge in [0.15, 0.2) is 0 Å². The molecule has 20 heavy (non-hydrogen) atoms. The van der Waals surface area contributed by atoms with Crippen LogP contribution in [-0.2, 0) is 6.54 Å². The van der Waals surface area contributed by atoms with E-state index >= 15 is 0 Å². The number of rotatable bonds is 3. The van der Waals surface area contributed by atoms with Gasteiger partial charge in [0.05, 0.1) is 5.69 Å². The Balaban J connectivity index is 1.72. The van der Waals surface area contributed by atoms with Gasteiger partial charge in [0.2, 0.25) is 0 Å². The first-order valence-corrected chi connectivity index (χ1v) is 7.67. The maximum absolute atomic E-state index is 11.0. The van der Waals surface area contributed by atoms with E-state index in [9.17, 15) is 4.79 Å². The van der Waals surface area contributed by atoms with E-state index in [1.54, 1.807) is 12.1 Å². The number of nitrogens with zero attached hydrogens (tertiary/aromatic N) is 2. The van der Waals surface area contributed by atoms with Crippen molar-refractivity contribution in [3.63, 3.8) is 0 Å². The second kappa shape index (κ2) is 5.92. The van der Waals surface area contributed by atoms with Crippen LogP contribution in [0.3, 0.4) is 0 Å². The van der Waals surface area contributed by atoms with Crippen molar-refractivity contribution >= 4 is 5.97 Å². The molecule has 4 heteroatoms. The van der Waals surface area contributed by atoms with Gasteiger partial charge in [-0.3, -0.25) is 4.90 Å². The molecule has 1 N–H and O–H groups in total. The highest BCUT2D eigenvalue weighted by molar-refractivity contribution is 5.85. The fourth-order valence-electron chi connectivity index (χ4n) is 3.82. The fraction of sp³-hybridized carbons (Fsp3) is 0.625. The molecule has 1 aliphatic carbocycles. The Hall–Kier alpha value is -1.42. The molecule has 3 rings (SSSR count). The molecule has 4 nitrogen and oxygen atoms in total. The molecule has 0 unspecified atom stereocenters. The van der Waals surface area contributed by atoms with Gasteiger partial charge in [0.1, 0.15) is 5.69 Å². The van der Waals surface area contributed by atoms with Crippen LogP contribution in [-0.4, -0.2) is 33.5 Å². The lowest BCUT2D eigenvalue weighted by molar-refractivity contribution is 0.0535. The first-order chi connectivity index (χ1) is 9.74. The lowest BCUT2D eigenvalue weighted by Crippen LogP contribution is -2.46. The third kappa shape index (κ3) is 2.85. The second-order valence-electron chi connectivity index (χ2n) is 6.04. The predicted molar refractivity (Wildman–Crippen MR) is 76.6 cm³/mol. The molecule has 1 saturated heterocycles. The Bertz CT molecular complexity index is 487. The lowest BCUT2D eigenvalue weighted by Gasteiger charge is -2.44. The number of aromatic nitrogens is 1. The molecule has 0 bridgehead atoms. The first-order valence-electron chi connectivity index (χ1n) is 7.67. The number of piperidine rings is 1. The Kier molecular flexibility index (Phi) is 4.01. The summed E-state index contributed by atoms with van der Waals surface area (Å²) in [5.74, 6) is -0.0961. The van der Waals surface area contributed by atoms with Gasteiger partial charge in [-0.25, -0.2) is 9.78 Å². The van der Waals surface area contributed by atoms with Crippen LogP contribution in [0, 0.1) is 5.92 Å². The minimum atomic E-state index is -0.943. The summed E-state index contributed by atoms with van der Waals surface area (Å²) >= 11 is 0. The maximum Gasteiger partial charge on any atom is 0.354 e. The summed E-state index contributed by atoms with van der Waals surface area (Å²) in [4.78, 5) is 17.8. The molecule has 2 heterocycles. The third-order valence-electron chi connectivity index (χ3n) is 4.75. The number of pyridine rings is 1. The molecule has 0 amide bonds. The van der Waals surface area contributed by atoms with E-state index in [0.717, 1.165) is 24.7 Å². The van der Waals surface area contributed by atoms with Crippen LogP contribution in [0.1, 0.15) is 54.7 Å². The Morgan fingerprint density at radius 3 is 2.90 bits per heavy atom. The number of carbonyl (C=O) groups is 1. The van der Waals surface area contributed by atoms with Crippen molar-refractivity contribution in [1.29, 1.82) is 0 Å². The molecular weight excluding hydrogens is 252 g/mol. The number of carboxylic acids is 1. The minimum Gasteiger partial charge on any atom is -0.477 e. The average Bonchev–Trinajstić information content (AvgIpc) is 2.48. The standard InChI is InChI=1S/C16H22N2O2/c19-16(20)14-8-3-7-13(17-14)11-18-10-4-6-12-5-1-2-9-15(12)18/h3,7-8,12,15H,1-2,4-6,9-11H2,(H,19,20)/t12-,15-/m1/s1. The van der Waals surface area contributed by atoms with Crippen molar-refractivity contribution in [1.82, 2.24) is 9.88 Å². The number of hydrogen-bond donors (Lipinski definition) is 1. The van der Waals surface area contributed by atoms with Gasteiger partial charge in [-0.05, 0) is 50.3 Å². The zero-order valence-electron chi connectivity index (χ0n) is 11.8. The zero-order valence-corrected chi connectivity index (χ0v) is 11.8. The molecule has 1 aromatic heterocycles. The normalized spacial score (nSPS) is 27.0. The molecule has 1 saturated carbocycles. The van der Waals surface area contributed by atoms with E-state index in [1.807, 2.05) is 6.07 Å². The van der Waals surface area contributed by atoms with Crippen molar-refractivity contribution in [2.24, 2.45) is 5.92 Å². The lowest BCUT2D eigenvalue weighted by atomic mass is 9.78. The van der Waals surface area contributed by atoms with E-state index in [0.29, 0.717) is 6.04 Å². The summed E-state index contributed by atoms with van der Waals surface area (Å²) < 4.78 is 0. The van der Waals surface area contributed by atoms with E-state index in [4.69, 9.17) is 5.11 Å². The Labute approximate surface area is 119 Å². The summed E-state index contributed by atoms with van der Waals surface area (Å²) in [7, 11) is 0. The van der Waals surface area contributed by atoms with Crippen LogP contribution >= 0.6 is 0 Å². The Morgan fingerprint density at radius 1 is 1.25 bits per heavy atom. The third-order valence-corrected chi connectivity index (χ3v) is 4.75. The number of fused-ring (bicyclic) bond motifs is 1. The summed E-state index contributed by atoms with van der Waals surface area (Å²) in [5, 5.41) is 9.03. The SMILES string of the molecule is O=C(O)c1cccc(CN2CCC[C@H]3CCCC[C@H]32)n1. The van der Waals surface area contributed by atoms with Crippen molar-refractivity contribution in [2.75, 3.05) is 6.54 Å². The predicted octanol–water partition coefficient (Wildman–Crippen LogP) is 2.93. The van der Waals surface area contributed by atoms with E-state index in [2.05, 4.69) is 9.88 Å². The first kappa shape index (κ1) is 13.6. The van der Waals surface area contributed by atoms with Gasteiger partial charge < -0.3 is 5.11 Å². The summed E-state index contributed by atoms with van der Waals surface area (Å²) in [5.41, 5.74) is 1.04. The highest BCUT2D eigenvalue weighted by Gasteiger charge is 2.33. The largest absolute Gasteiger partial charge is 0.477 e. The van der Waals surface area contributed by atoms with Gasteiger partial charge in [0.25, 0.3) is 0 Å². The van der Waals surface area contributed by atoms with Gasteiger partial charge in [0, 0.05) is 12.6 Å². The maximum atomic E-state index is 11.0. The van der Waals surface area contributed by atoms with Crippen LogP contribution in [0.2, 0.25) is 0 Å². The molecular formula is C16H22N2O2. The van der Waals surface area contributed by atoms with E-state index < -0.39 is 5.97 Å².